The molecule has 2 aromatic heterocycles. The van der Waals surface area contributed by atoms with Crippen LogP contribution in [-0.2, 0) is 17.6 Å². The van der Waals surface area contributed by atoms with Gasteiger partial charge in [0.1, 0.15) is 17.5 Å². The minimum absolute atomic E-state index is 0.166. The molecule has 1 aliphatic carbocycles. The van der Waals surface area contributed by atoms with Crippen LogP contribution in [0.15, 0.2) is 30.5 Å². The molecule has 7 nitrogen and oxygen atoms in total. The van der Waals surface area contributed by atoms with Crippen LogP contribution in [0.4, 0.5) is 5.82 Å². The fourth-order valence-corrected chi connectivity index (χ4v) is 3.42. The van der Waals surface area contributed by atoms with Crippen molar-refractivity contribution in [2.24, 2.45) is 0 Å². The highest BCUT2D eigenvalue weighted by molar-refractivity contribution is 5.93. The first kappa shape index (κ1) is 15.8. The van der Waals surface area contributed by atoms with Gasteiger partial charge < -0.3 is 10.5 Å². The van der Waals surface area contributed by atoms with Crippen LogP contribution in [0, 0.1) is 11.3 Å². The number of esters is 1. The molecule has 1 aliphatic rings. The lowest BCUT2D eigenvalue weighted by Crippen LogP contribution is -2.11. The van der Waals surface area contributed by atoms with E-state index < -0.39 is 5.97 Å². The normalized spacial score (nSPS) is 12.0. The van der Waals surface area contributed by atoms with Gasteiger partial charge in [-0.15, -0.1) is 0 Å². The van der Waals surface area contributed by atoms with E-state index in [1.54, 1.807) is 24.4 Å². The maximum absolute atomic E-state index is 11.9. The molecule has 0 saturated heterocycles. The second-order valence-electron chi connectivity index (χ2n) is 6.02. The molecule has 0 aliphatic heterocycles. The standard InChI is InChI=1S/C19H15N5O2/c1-26-19(25)11-4-2-3-10(7-11)16-12-5-6-15-14(9-22-24-15)17(12)23-18(21)13(16)8-20/h2-4,7,9H,5-6H2,1H3,(H2,21,23)(H,22,24). The second kappa shape index (κ2) is 6.01. The highest BCUT2D eigenvalue weighted by Gasteiger charge is 2.26. The minimum atomic E-state index is -0.432. The number of aromatic amines is 1. The van der Waals surface area contributed by atoms with Crippen LogP contribution >= 0.6 is 0 Å². The van der Waals surface area contributed by atoms with Gasteiger partial charge in [-0.3, -0.25) is 5.10 Å². The number of fused-ring (bicyclic) bond motifs is 3. The number of hydrogen-bond donors (Lipinski definition) is 2. The molecule has 2 heterocycles. The zero-order chi connectivity index (χ0) is 18.3. The monoisotopic (exact) mass is 345 g/mol. The second-order valence-corrected chi connectivity index (χ2v) is 6.02. The highest BCUT2D eigenvalue weighted by Crippen LogP contribution is 2.40. The number of aromatic nitrogens is 3. The van der Waals surface area contributed by atoms with Crippen molar-refractivity contribution in [1.82, 2.24) is 15.2 Å². The first-order chi connectivity index (χ1) is 12.6. The van der Waals surface area contributed by atoms with Gasteiger partial charge in [0.15, 0.2) is 0 Å². The fraction of sp³-hybridized carbons (Fsp3) is 0.158. The molecular weight excluding hydrogens is 330 g/mol. The molecule has 0 saturated carbocycles. The lowest BCUT2D eigenvalue weighted by atomic mass is 9.85. The van der Waals surface area contributed by atoms with Crippen LogP contribution in [0.2, 0.25) is 0 Å². The van der Waals surface area contributed by atoms with Crippen LogP contribution in [0.1, 0.15) is 27.2 Å². The van der Waals surface area contributed by atoms with E-state index in [1.165, 1.54) is 7.11 Å². The van der Waals surface area contributed by atoms with Crippen LogP contribution in [0.3, 0.4) is 0 Å². The Bertz CT molecular complexity index is 1080. The molecule has 3 aromatic rings. The molecule has 0 bridgehead atoms. The summed E-state index contributed by atoms with van der Waals surface area (Å²) in [6.07, 6.45) is 3.19. The number of nitriles is 1. The number of hydrogen-bond acceptors (Lipinski definition) is 6. The first-order valence-electron chi connectivity index (χ1n) is 8.07. The average Bonchev–Trinajstić information content (AvgIpc) is 3.15. The predicted octanol–water partition coefficient (Wildman–Crippen LogP) is 2.48. The summed E-state index contributed by atoms with van der Waals surface area (Å²) in [4.78, 5) is 16.4. The molecule has 128 valence electrons. The van der Waals surface area contributed by atoms with E-state index in [-0.39, 0.29) is 5.82 Å². The smallest absolute Gasteiger partial charge is 0.337 e. The number of nitrogens with two attached hydrogens (primary N) is 1. The van der Waals surface area contributed by atoms with Crippen LogP contribution in [0.5, 0.6) is 0 Å². The van der Waals surface area contributed by atoms with E-state index in [0.29, 0.717) is 23.1 Å². The largest absolute Gasteiger partial charge is 0.465 e. The molecule has 3 N–H and O–H groups in total. The summed E-state index contributed by atoms with van der Waals surface area (Å²) in [5.74, 6) is -0.267. The number of nitrogens with zero attached hydrogens (tertiary/aromatic N) is 3. The Morgan fingerprint density at radius 1 is 1.38 bits per heavy atom. The van der Waals surface area contributed by atoms with E-state index >= 15 is 0 Å². The van der Waals surface area contributed by atoms with E-state index in [0.717, 1.165) is 34.5 Å². The third kappa shape index (κ3) is 2.31. The topological polar surface area (TPSA) is 118 Å². The van der Waals surface area contributed by atoms with E-state index in [1.807, 2.05) is 6.07 Å². The molecule has 0 amide bonds. The number of aryl methyl sites for hydroxylation is 1. The van der Waals surface area contributed by atoms with Gasteiger partial charge in [0.05, 0.1) is 24.6 Å². The Hall–Kier alpha value is -3.66. The predicted molar refractivity (Wildman–Crippen MR) is 95.1 cm³/mol. The number of pyridine rings is 1. The van der Waals surface area contributed by atoms with Crippen LogP contribution in [0.25, 0.3) is 22.4 Å². The molecular formula is C19H15N5O2. The van der Waals surface area contributed by atoms with Crippen molar-refractivity contribution in [3.05, 3.63) is 52.8 Å². The lowest BCUT2D eigenvalue weighted by molar-refractivity contribution is 0.0601. The number of anilines is 1. The van der Waals surface area contributed by atoms with E-state index in [4.69, 9.17) is 10.5 Å². The van der Waals surface area contributed by atoms with Crippen molar-refractivity contribution in [3.8, 4) is 28.5 Å². The average molecular weight is 345 g/mol. The fourth-order valence-electron chi connectivity index (χ4n) is 3.42. The Kier molecular flexibility index (Phi) is 3.66. The molecule has 0 atom stereocenters. The van der Waals surface area contributed by atoms with Gasteiger partial charge in [-0.1, -0.05) is 12.1 Å². The number of methoxy groups -OCH3 is 1. The van der Waals surface area contributed by atoms with Crippen molar-refractivity contribution in [3.63, 3.8) is 0 Å². The van der Waals surface area contributed by atoms with Crippen molar-refractivity contribution in [2.45, 2.75) is 12.8 Å². The van der Waals surface area contributed by atoms with Gasteiger partial charge in [-0.25, -0.2) is 9.78 Å². The van der Waals surface area contributed by atoms with E-state index in [9.17, 15) is 10.1 Å². The molecule has 4 rings (SSSR count). The van der Waals surface area contributed by atoms with Gasteiger partial charge in [-0.2, -0.15) is 10.4 Å². The number of carbonyl (C=O) groups excluding carboxylic acids is 1. The summed E-state index contributed by atoms with van der Waals surface area (Å²) in [7, 11) is 1.34. The zero-order valence-electron chi connectivity index (χ0n) is 14.0. The summed E-state index contributed by atoms with van der Waals surface area (Å²) in [6.45, 7) is 0. The summed E-state index contributed by atoms with van der Waals surface area (Å²) >= 11 is 0. The SMILES string of the molecule is COC(=O)c1cccc(-c2c(C#N)c(N)nc3c2CCc2[nH]ncc2-3)c1. The molecule has 0 fully saturated rings. The highest BCUT2D eigenvalue weighted by atomic mass is 16.5. The maximum Gasteiger partial charge on any atom is 0.337 e. The minimum Gasteiger partial charge on any atom is -0.465 e. The number of nitrogens with one attached hydrogen (secondary N) is 1. The molecule has 0 spiro atoms. The van der Waals surface area contributed by atoms with Crippen molar-refractivity contribution in [1.29, 1.82) is 5.26 Å². The number of H-pyrrole nitrogens is 1. The number of nitrogen functional groups attached to an aromatic ring is 1. The zero-order valence-corrected chi connectivity index (χ0v) is 14.0. The summed E-state index contributed by atoms with van der Waals surface area (Å²) in [5, 5.41) is 16.7. The van der Waals surface area contributed by atoms with Gasteiger partial charge in [-0.05, 0) is 36.1 Å². The molecule has 0 radical (unpaired) electrons. The molecule has 1 aromatic carbocycles. The van der Waals surface area contributed by atoms with Gasteiger partial charge in [0, 0.05) is 16.8 Å². The van der Waals surface area contributed by atoms with Crippen LogP contribution in [-0.4, -0.2) is 28.3 Å². The molecule has 0 unspecified atom stereocenters. The first-order valence-corrected chi connectivity index (χ1v) is 8.07. The summed E-state index contributed by atoms with van der Waals surface area (Å²) in [5.41, 5.74) is 11.8. The number of carbonyl (C=O) groups is 1. The number of benzene rings is 1. The Balaban J connectivity index is 2.01. The van der Waals surface area contributed by atoms with Gasteiger partial charge in [0.25, 0.3) is 0 Å². The quantitative estimate of drug-likeness (QED) is 0.689. The van der Waals surface area contributed by atoms with Crippen molar-refractivity contribution >= 4 is 11.8 Å². The summed E-state index contributed by atoms with van der Waals surface area (Å²) < 4.78 is 4.80. The van der Waals surface area contributed by atoms with Crippen molar-refractivity contribution in [2.75, 3.05) is 12.8 Å². The Labute approximate surface area is 149 Å². The summed E-state index contributed by atoms with van der Waals surface area (Å²) in [6, 6.07) is 9.17. The van der Waals surface area contributed by atoms with E-state index in [2.05, 4.69) is 21.3 Å². The van der Waals surface area contributed by atoms with Crippen LogP contribution < -0.4 is 5.73 Å². The Morgan fingerprint density at radius 2 is 2.23 bits per heavy atom. The van der Waals surface area contributed by atoms with Gasteiger partial charge in [0.2, 0.25) is 0 Å². The molecule has 7 heteroatoms. The maximum atomic E-state index is 11.9. The third-order valence-corrected chi connectivity index (χ3v) is 4.61. The number of rotatable bonds is 2. The number of ether oxygens (including phenoxy) is 1. The molecule has 26 heavy (non-hydrogen) atoms. The Morgan fingerprint density at radius 3 is 3.00 bits per heavy atom. The van der Waals surface area contributed by atoms with Gasteiger partial charge >= 0.3 is 5.97 Å². The lowest BCUT2D eigenvalue weighted by Gasteiger charge is -2.21. The third-order valence-electron chi connectivity index (χ3n) is 4.61. The van der Waals surface area contributed by atoms with Crippen molar-refractivity contribution < 1.29 is 9.53 Å².